The van der Waals surface area contributed by atoms with Crippen molar-refractivity contribution in [2.45, 2.75) is 52.4 Å². The second-order valence-corrected chi connectivity index (χ2v) is 8.53. The Hall–Kier alpha value is -2.40. The quantitative estimate of drug-likeness (QED) is 0.583. The summed E-state index contributed by atoms with van der Waals surface area (Å²) in [6.45, 7) is 4.97. The van der Waals surface area contributed by atoms with Crippen LogP contribution in [-0.2, 0) is 11.2 Å². The summed E-state index contributed by atoms with van der Waals surface area (Å²) in [5.41, 5.74) is 7.12. The molecule has 0 saturated carbocycles. The van der Waals surface area contributed by atoms with Crippen molar-refractivity contribution in [2.75, 3.05) is 6.54 Å². The minimum Gasteiger partial charge on any atom is -0.355 e. The zero-order chi connectivity index (χ0) is 19.5. The lowest BCUT2D eigenvalue weighted by Crippen LogP contribution is -2.26. The van der Waals surface area contributed by atoms with Gasteiger partial charge in [0.05, 0.1) is 12.1 Å². The molecule has 4 rings (SSSR count). The molecule has 0 saturated heterocycles. The number of imidazole rings is 1. The van der Waals surface area contributed by atoms with E-state index in [1.165, 1.54) is 42.4 Å². The Labute approximate surface area is 170 Å². The SMILES string of the molecule is Cc1ccc(-c2cn3c(CC(=O)NCCC4=CCCCC4)csc3n2)cc1C. The molecule has 1 amide bonds. The lowest BCUT2D eigenvalue weighted by molar-refractivity contribution is -0.120. The molecule has 146 valence electrons. The van der Waals surface area contributed by atoms with Crippen LogP contribution in [-0.4, -0.2) is 21.8 Å². The van der Waals surface area contributed by atoms with Gasteiger partial charge in [-0.05, 0) is 63.1 Å². The molecule has 1 aliphatic rings. The predicted molar refractivity (Wildman–Crippen MR) is 116 cm³/mol. The van der Waals surface area contributed by atoms with Crippen molar-refractivity contribution in [1.82, 2.24) is 14.7 Å². The van der Waals surface area contributed by atoms with Gasteiger partial charge in [0.25, 0.3) is 0 Å². The predicted octanol–water partition coefficient (Wildman–Crippen LogP) is 5.23. The molecule has 3 aromatic rings. The zero-order valence-corrected chi connectivity index (χ0v) is 17.4. The number of hydrogen-bond donors (Lipinski definition) is 1. The Morgan fingerprint density at radius 1 is 1.25 bits per heavy atom. The number of nitrogens with zero attached hydrogens (tertiary/aromatic N) is 2. The second-order valence-electron chi connectivity index (χ2n) is 7.69. The van der Waals surface area contributed by atoms with Gasteiger partial charge in [0, 0.05) is 29.4 Å². The Bertz CT molecular complexity index is 1030. The van der Waals surface area contributed by atoms with E-state index in [-0.39, 0.29) is 5.91 Å². The number of aromatic nitrogens is 2. The minimum atomic E-state index is 0.0811. The van der Waals surface area contributed by atoms with E-state index in [0.29, 0.717) is 6.42 Å². The fourth-order valence-corrected chi connectivity index (χ4v) is 4.59. The number of aryl methyl sites for hydroxylation is 2. The third-order valence-corrected chi connectivity index (χ3v) is 6.47. The molecule has 1 N–H and O–H groups in total. The lowest BCUT2D eigenvalue weighted by atomic mass is 9.97. The highest BCUT2D eigenvalue weighted by molar-refractivity contribution is 7.15. The molecule has 28 heavy (non-hydrogen) atoms. The molecule has 0 radical (unpaired) electrons. The first-order valence-corrected chi connectivity index (χ1v) is 11.0. The lowest BCUT2D eigenvalue weighted by Gasteiger charge is -2.12. The Morgan fingerprint density at radius 2 is 2.14 bits per heavy atom. The van der Waals surface area contributed by atoms with E-state index >= 15 is 0 Å². The van der Waals surface area contributed by atoms with Crippen LogP contribution in [0.4, 0.5) is 0 Å². The largest absolute Gasteiger partial charge is 0.355 e. The van der Waals surface area contributed by atoms with Gasteiger partial charge in [-0.15, -0.1) is 11.3 Å². The van der Waals surface area contributed by atoms with E-state index in [1.54, 1.807) is 11.3 Å². The fourth-order valence-electron chi connectivity index (χ4n) is 3.72. The number of rotatable bonds is 6. The van der Waals surface area contributed by atoms with Gasteiger partial charge in [-0.1, -0.05) is 23.8 Å². The van der Waals surface area contributed by atoms with Crippen LogP contribution in [0.25, 0.3) is 16.2 Å². The normalized spacial score (nSPS) is 14.3. The summed E-state index contributed by atoms with van der Waals surface area (Å²) in [5.74, 6) is 0.0811. The van der Waals surface area contributed by atoms with Crippen molar-refractivity contribution in [2.24, 2.45) is 0 Å². The highest BCUT2D eigenvalue weighted by Crippen LogP contribution is 2.25. The number of carbonyl (C=O) groups is 1. The molecular formula is C23H27N3OS. The first-order chi connectivity index (χ1) is 13.6. The van der Waals surface area contributed by atoms with Crippen molar-refractivity contribution in [3.8, 4) is 11.3 Å². The van der Waals surface area contributed by atoms with Crippen molar-refractivity contribution in [3.63, 3.8) is 0 Å². The Kier molecular flexibility index (Phi) is 5.62. The summed E-state index contributed by atoms with van der Waals surface area (Å²) < 4.78 is 2.05. The van der Waals surface area contributed by atoms with E-state index in [0.717, 1.165) is 34.9 Å². The van der Waals surface area contributed by atoms with Gasteiger partial charge >= 0.3 is 0 Å². The van der Waals surface area contributed by atoms with Crippen LogP contribution in [0.3, 0.4) is 0 Å². The third-order valence-electron chi connectivity index (χ3n) is 5.58. The summed E-state index contributed by atoms with van der Waals surface area (Å²) in [6.07, 6.45) is 10.7. The molecule has 4 nitrogen and oxygen atoms in total. The summed E-state index contributed by atoms with van der Waals surface area (Å²) in [5, 5.41) is 5.11. The number of nitrogens with one attached hydrogen (secondary N) is 1. The van der Waals surface area contributed by atoms with E-state index in [9.17, 15) is 4.79 Å². The molecule has 1 aromatic carbocycles. The number of allylic oxidation sites excluding steroid dienone is 1. The average Bonchev–Trinajstić information content (AvgIpc) is 3.27. The van der Waals surface area contributed by atoms with Gasteiger partial charge in [-0.2, -0.15) is 0 Å². The molecule has 0 atom stereocenters. The first kappa shape index (κ1) is 18.9. The molecule has 0 aliphatic heterocycles. The van der Waals surface area contributed by atoms with Gasteiger partial charge in [-0.3, -0.25) is 9.20 Å². The molecule has 0 bridgehead atoms. The van der Waals surface area contributed by atoms with Crippen molar-refractivity contribution >= 4 is 22.2 Å². The van der Waals surface area contributed by atoms with Gasteiger partial charge in [0.1, 0.15) is 0 Å². The summed E-state index contributed by atoms with van der Waals surface area (Å²) in [7, 11) is 0. The van der Waals surface area contributed by atoms with Crippen molar-refractivity contribution < 1.29 is 4.79 Å². The maximum Gasteiger partial charge on any atom is 0.225 e. The van der Waals surface area contributed by atoms with E-state index in [2.05, 4.69) is 47.8 Å². The number of fused-ring (bicyclic) bond motifs is 1. The smallest absolute Gasteiger partial charge is 0.225 e. The third kappa shape index (κ3) is 4.20. The molecular weight excluding hydrogens is 366 g/mol. The zero-order valence-electron chi connectivity index (χ0n) is 16.6. The number of benzene rings is 1. The fraction of sp³-hybridized carbons (Fsp3) is 0.391. The minimum absolute atomic E-state index is 0.0811. The summed E-state index contributed by atoms with van der Waals surface area (Å²) in [6, 6.07) is 6.42. The van der Waals surface area contributed by atoms with Crippen LogP contribution in [0, 0.1) is 13.8 Å². The van der Waals surface area contributed by atoms with Crippen molar-refractivity contribution in [1.29, 1.82) is 0 Å². The molecule has 0 unspecified atom stereocenters. The van der Waals surface area contributed by atoms with Gasteiger partial charge in [0.15, 0.2) is 4.96 Å². The second kappa shape index (κ2) is 8.31. The Morgan fingerprint density at radius 3 is 2.93 bits per heavy atom. The molecule has 5 heteroatoms. The average molecular weight is 394 g/mol. The highest BCUT2D eigenvalue weighted by atomic mass is 32.1. The topological polar surface area (TPSA) is 46.4 Å². The molecule has 0 fully saturated rings. The van der Waals surface area contributed by atoms with Gasteiger partial charge < -0.3 is 5.32 Å². The van der Waals surface area contributed by atoms with Crippen LogP contribution in [0.1, 0.15) is 48.9 Å². The maximum absolute atomic E-state index is 12.4. The van der Waals surface area contributed by atoms with Crippen LogP contribution in [0.5, 0.6) is 0 Å². The number of thiazole rings is 1. The molecule has 0 spiro atoms. The van der Waals surface area contributed by atoms with Crippen LogP contribution < -0.4 is 5.32 Å². The van der Waals surface area contributed by atoms with E-state index < -0.39 is 0 Å². The van der Waals surface area contributed by atoms with E-state index in [1.807, 2.05) is 11.6 Å². The number of amides is 1. The number of hydrogen-bond acceptors (Lipinski definition) is 3. The first-order valence-electron chi connectivity index (χ1n) is 10.1. The summed E-state index contributed by atoms with van der Waals surface area (Å²) in [4.78, 5) is 18.1. The monoisotopic (exact) mass is 393 g/mol. The van der Waals surface area contributed by atoms with Crippen LogP contribution in [0.15, 0.2) is 41.4 Å². The van der Waals surface area contributed by atoms with Crippen LogP contribution >= 0.6 is 11.3 Å². The molecule has 2 heterocycles. The number of carbonyl (C=O) groups excluding carboxylic acids is 1. The maximum atomic E-state index is 12.4. The standard InChI is InChI=1S/C23H27N3OS/c1-16-8-9-19(12-17(16)2)21-14-26-20(15-28-23(26)25-21)13-22(27)24-11-10-18-6-4-3-5-7-18/h6,8-9,12,14-15H,3-5,7,10-11,13H2,1-2H3,(H,24,27). The molecule has 2 aromatic heterocycles. The summed E-state index contributed by atoms with van der Waals surface area (Å²) >= 11 is 1.59. The highest BCUT2D eigenvalue weighted by Gasteiger charge is 2.13. The van der Waals surface area contributed by atoms with Gasteiger partial charge in [-0.25, -0.2) is 4.98 Å². The van der Waals surface area contributed by atoms with E-state index in [4.69, 9.17) is 4.98 Å². The van der Waals surface area contributed by atoms with Crippen molar-refractivity contribution in [3.05, 3.63) is 58.2 Å². The molecule has 1 aliphatic carbocycles. The van der Waals surface area contributed by atoms with Crippen LogP contribution in [0.2, 0.25) is 0 Å². The Balaban J connectivity index is 1.41. The van der Waals surface area contributed by atoms with Gasteiger partial charge in [0.2, 0.25) is 5.91 Å².